The average molecular weight is 446 g/mol. The lowest BCUT2D eigenvalue weighted by Gasteiger charge is -2.30. The third-order valence-electron chi connectivity index (χ3n) is 5.06. The molecule has 0 radical (unpaired) electrons. The molecule has 1 aromatic carbocycles. The minimum Gasteiger partial charge on any atom is -0.493 e. The van der Waals surface area contributed by atoms with E-state index in [2.05, 4.69) is 20.7 Å². The fourth-order valence-electron chi connectivity index (χ4n) is 3.64. The van der Waals surface area contributed by atoms with E-state index in [1.54, 1.807) is 0 Å². The van der Waals surface area contributed by atoms with E-state index < -0.39 is 12.1 Å². The molecule has 1 atom stereocenters. The number of carbonyl (C=O) groups is 1. The average Bonchev–Trinajstić information content (AvgIpc) is 2.66. The summed E-state index contributed by atoms with van der Waals surface area (Å²) in [5.41, 5.74) is 2.03. The number of amidine groups is 1. The molecule has 10 heteroatoms. The smallest absolute Gasteiger partial charge is 0.410 e. The number of ether oxygens (including phenoxy) is 1. The van der Waals surface area contributed by atoms with Crippen molar-refractivity contribution in [2.24, 2.45) is 11.0 Å². The molecule has 1 unspecified atom stereocenters. The number of nitrogens with zero attached hydrogens (tertiary/aromatic N) is 2. The Hall–Kier alpha value is -2.03. The maximum atomic E-state index is 10.9. The first-order chi connectivity index (χ1) is 13.1. The van der Waals surface area contributed by atoms with Crippen molar-refractivity contribution in [2.45, 2.75) is 32.2 Å². The van der Waals surface area contributed by atoms with Crippen LogP contribution in [0.2, 0.25) is 0 Å². The first kappa shape index (κ1) is 25.0. The third-order valence-corrected chi connectivity index (χ3v) is 5.06. The lowest BCUT2D eigenvalue weighted by atomic mass is 9.93. The number of hydrazone groups is 1. The Bertz CT molecular complexity index is 724. The summed E-state index contributed by atoms with van der Waals surface area (Å²) >= 11 is 0. The number of piperidine rings is 1. The van der Waals surface area contributed by atoms with Gasteiger partial charge in [0.15, 0.2) is 0 Å². The van der Waals surface area contributed by atoms with Crippen molar-refractivity contribution in [2.75, 3.05) is 26.2 Å². The number of halogens is 2. The Balaban J connectivity index is 0.00000210. The van der Waals surface area contributed by atoms with Crippen molar-refractivity contribution in [1.29, 1.82) is 5.41 Å². The van der Waals surface area contributed by atoms with Crippen LogP contribution in [-0.2, 0) is 6.42 Å². The number of hydrogen-bond acceptors (Lipinski definition) is 6. The highest BCUT2D eigenvalue weighted by Crippen LogP contribution is 2.28. The second kappa shape index (κ2) is 11.8. The third kappa shape index (κ3) is 6.76. The van der Waals surface area contributed by atoms with E-state index in [-0.39, 0.29) is 30.6 Å². The minimum atomic E-state index is -1.22. The molecule has 1 amide bonds. The van der Waals surface area contributed by atoms with E-state index in [9.17, 15) is 4.79 Å². The number of amides is 1. The highest BCUT2D eigenvalue weighted by atomic mass is 35.5. The van der Waals surface area contributed by atoms with Crippen molar-refractivity contribution >= 4 is 43.0 Å². The zero-order valence-electron chi connectivity index (χ0n) is 16.4. The van der Waals surface area contributed by atoms with Crippen molar-refractivity contribution in [3.05, 3.63) is 29.3 Å². The topological polar surface area (TPSA) is 110 Å². The van der Waals surface area contributed by atoms with Crippen LogP contribution in [0.15, 0.2) is 23.3 Å². The van der Waals surface area contributed by atoms with E-state index in [1.165, 1.54) is 0 Å². The Morgan fingerprint density at radius 2 is 2.14 bits per heavy atom. The Morgan fingerprint density at radius 3 is 2.79 bits per heavy atom. The molecule has 162 valence electrons. The molecule has 1 fully saturated rings. The molecule has 8 nitrogen and oxygen atoms in total. The standard InChI is InChI=1S/C19H27N5O3.2ClH/c1-2-22-24-9-6-13(7-10-24)12-27-15-4-3-14-5-8-21-17(16(14)11-15)18(20)23-19(25)26;;/h2-4,11,13,17,21H,5-10,12H2,1H3,(H2,20,23)(H,25,26);2*1H/b22-2+;;. The molecule has 29 heavy (non-hydrogen) atoms. The van der Waals surface area contributed by atoms with E-state index in [1.807, 2.05) is 31.3 Å². The van der Waals surface area contributed by atoms with Gasteiger partial charge in [-0.3, -0.25) is 15.7 Å². The fourth-order valence-corrected chi connectivity index (χ4v) is 3.64. The maximum absolute atomic E-state index is 10.9. The molecule has 4 N–H and O–H groups in total. The lowest BCUT2D eigenvalue weighted by molar-refractivity contribution is 0.145. The van der Waals surface area contributed by atoms with Crippen LogP contribution in [0.25, 0.3) is 0 Å². The molecule has 2 heterocycles. The Kier molecular flexibility index (Phi) is 10.2. The van der Waals surface area contributed by atoms with Gasteiger partial charge in [-0.15, -0.1) is 24.8 Å². The summed E-state index contributed by atoms with van der Waals surface area (Å²) in [6.45, 7) is 5.20. The molecule has 3 rings (SSSR count). The highest BCUT2D eigenvalue weighted by Gasteiger charge is 2.25. The van der Waals surface area contributed by atoms with Gasteiger partial charge in [0.1, 0.15) is 11.6 Å². The summed E-state index contributed by atoms with van der Waals surface area (Å²) in [7, 11) is 0. The van der Waals surface area contributed by atoms with Gasteiger partial charge in [0, 0.05) is 25.8 Å². The molecule has 0 aromatic heterocycles. The van der Waals surface area contributed by atoms with E-state index in [0.29, 0.717) is 19.1 Å². The number of carboxylic acid groups (broad SMARTS) is 1. The Labute approximate surface area is 183 Å². The van der Waals surface area contributed by atoms with E-state index in [0.717, 1.165) is 49.2 Å². The summed E-state index contributed by atoms with van der Waals surface area (Å²) in [5.74, 6) is 1.20. The number of benzene rings is 1. The van der Waals surface area contributed by atoms with Crippen molar-refractivity contribution in [1.82, 2.24) is 15.6 Å². The first-order valence-electron chi connectivity index (χ1n) is 9.37. The summed E-state index contributed by atoms with van der Waals surface area (Å²) in [6.07, 6.45) is 3.56. The Morgan fingerprint density at radius 1 is 1.41 bits per heavy atom. The molecule has 2 aliphatic heterocycles. The van der Waals surface area contributed by atoms with Crippen LogP contribution < -0.4 is 15.4 Å². The molecular formula is C19H29Cl2N5O3. The van der Waals surface area contributed by atoms with Gasteiger partial charge in [0.05, 0.1) is 12.6 Å². The fraction of sp³-hybridized carbons (Fsp3) is 0.526. The van der Waals surface area contributed by atoms with Crippen LogP contribution in [0.4, 0.5) is 4.79 Å². The molecule has 0 spiro atoms. The van der Waals surface area contributed by atoms with Crippen molar-refractivity contribution in [3.8, 4) is 5.75 Å². The monoisotopic (exact) mass is 445 g/mol. The van der Waals surface area contributed by atoms with Crippen LogP contribution in [0, 0.1) is 11.3 Å². The van der Waals surface area contributed by atoms with Crippen LogP contribution in [0.3, 0.4) is 0 Å². The van der Waals surface area contributed by atoms with Gasteiger partial charge in [-0.25, -0.2) is 4.79 Å². The predicted molar refractivity (Wildman–Crippen MR) is 118 cm³/mol. The number of hydrogen-bond donors (Lipinski definition) is 4. The lowest BCUT2D eigenvalue weighted by Crippen LogP contribution is -2.42. The highest BCUT2D eigenvalue weighted by molar-refractivity contribution is 5.97. The zero-order chi connectivity index (χ0) is 19.2. The first-order valence-corrected chi connectivity index (χ1v) is 9.37. The molecule has 1 saturated heterocycles. The molecule has 1 aromatic rings. The zero-order valence-corrected chi connectivity index (χ0v) is 18.0. The second-order valence-electron chi connectivity index (χ2n) is 6.92. The van der Waals surface area contributed by atoms with Gasteiger partial charge in [-0.2, -0.15) is 5.10 Å². The molecule has 0 saturated carbocycles. The summed E-state index contributed by atoms with van der Waals surface area (Å²) < 4.78 is 6.02. The van der Waals surface area contributed by atoms with Gasteiger partial charge < -0.3 is 15.2 Å². The van der Waals surface area contributed by atoms with Crippen LogP contribution in [-0.4, -0.2) is 54.5 Å². The van der Waals surface area contributed by atoms with Gasteiger partial charge >= 0.3 is 6.09 Å². The summed E-state index contributed by atoms with van der Waals surface area (Å²) in [4.78, 5) is 10.9. The van der Waals surface area contributed by atoms with Crippen molar-refractivity contribution < 1.29 is 14.6 Å². The molecule has 2 aliphatic rings. The van der Waals surface area contributed by atoms with Gasteiger partial charge in [0.2, 0.25) is 0 Å². The van der Waals surface area contributed by atoms with E-state index >= 15 is 0 Å². The SMILES string of the molecule is C/C=N/N1CCC(COc2ccc3c(c2)C(C(=N)NC(=O)O)NCC3)CC1.Cl.Cl. The van der Waals surface area contributed by atoms with Crippen LogP contribution in [0.1, 0.15) is 36.9 Å². The normalized spacial score (nSPS) is 18.9. The van der Waals surface area contributed by atoms with Gasteiger partial charge in [0.25, 0.3) is 0 Å². The number of rotatable bonds is 5. The largest absolute Gasteiger partial charge is 0.493 e. The molecule has 0 aliphatic carbocycles. The summed E-state index contributed by atoms with van der Waals surface area (Å²) in [6, 6.07) is 5.46. The van der Waals surface area contributed by atoms with E-state index in [4.69, 9.17) is 15.3 Å². The predicted octanol–water partition coefficient (Wildman–Crippen LogP) is 3.06. The van der Waals surface area contributed by atoms with Crippen molar-refractivity contribution in [3.63, 3.8) is 0 Å². The maximum Gasteiger partial charge on any atom is 0.410 e. The van der Waals surface area contributed by atoms with Gasteiger partial charge in [-0.05, 0) is 55.4 Å². The molecular weight excluding hydrogens is 417 g/mol. The van der Waals surface area contributed by atoms with Gasteiger partial charge in [-0.1, -0.05) is 6.07 Å². The quantitative estimate of drug-likeness (QED) is 0.411. The summed E-state index contributed by atoms with van der Waals surface area (Å²) in [5, 5.41) is 28.7. The minimum absolute atomic E-state index is 0. The number of fused-ring (bicyclic) bond motifs is 1. The van der Waals surface area contributed by atoms with Crippen LogP contribution >= 0.6 is 24.8 Å². The molecule has 0 bridgehead atoms. The second-order valence-corrected chi connectivity index (χ2v) is 6.92. The van der Waals surface area contributed by atoms with Crippen LogP contribution in [0.5, 0.6) is 5.75 Å². The number of nitrogens with one attached hydrogen (secondary N) is 3.